The molecule has 33 heavy (non-hydrogen) atoms. The summed E-state index contributed by atoms with van der Waals surface area (Å²) in [5.74, 6) is -0.654. The third-order valence-corrected chi connectivity index (χ3v) is 5.50. The summed E-state index contributed by atoms with van der Waals surface area (Å²) in [6.45, 7) is 4.84. The molecule has 1 aliphatic heterocycles. The highest BCUT2D eigenvalue weighted by atomic mass is 79.9. The summed E-state index contributed by atoms with van der Waals surface area (Å²) in [6.07, 6.45) is 1.22. The predicted octanol–water partition coefficient (Wildman–Crippen LogP) is 3.01. The highest BCUT2D eigenvalue weighted by Crippen LogP contribution is 2.20. The van der Waals surface area contributed by atoms with Gasteiger partial charge in [-0.05, 0) is 62.1 Å². The van der Waals surface area contributed by atoms with E-state index in [4.69, 9.17) is 4.94 Å². The van der Waals surface area contributed by atoms with Crippen molar-refractivity contribution in [2.24, 2.45) is 5.16 Å². The van der Waals surface area contributed by atoms with Crippen molar-refractivity contribution in [3.63, 3.8) is 0 Å². The van der Waals surface area contributed by atoms with Gasteiger partial charge in [0, 0.05) is 38.3 Å². The number of nitrogens with zero attached hydrogens (tertiary/aromatic N) is 4. The van der Waals surface area contributed by atoms with Crippen molar-refractivity contribution in [1.82, 2.24) is 20.5 Å². The fourth-order valence-corrected chi connectivity index (χ4v) is 3.53. The van der Waals surface area contributed by atoms with Gasteiger partial charge in [-0.3, -0.25) is 14.6 Å². The maximum atomic E-state index is 13.3. The van der Waals surface area contributed by atoms with Gasteiger partial charge in [-0.15, -0.1) is 0 Å². The summed E-state index contributed by atoms with van der Waals surface area (Å²) in [5, 5.41) is 17.0. The number of hydrogen-bond acceptors (Lipinski definition) is 9. The smallest absolute Gasteiger partial charge is 0.256 e. The Hall–Kier alpha value is -3.35. The quantitative estimate of drug-likeness (QED) is 0.308. The Bertz CT molecular complexity index is 1120. The second-order valence-electron chi connectivity index (χ2n) is 7.23. The molecule has 4 rings (SSSR count). The number of oxime groups is 1. The lowest BCUT2D eigenvalue weighted by atomic mass is 10.1. The molecule has 1 fully saturated rings. The van der Waals surface area contributed by atoms with Gasteiger partial charge in [-0.1, -0.05) is 17.3 Å². The van der Waals surface area contributed by atoms with E-state index in [0.717, 1.165) is 38.3 Å². The minimum Gasteiger partial charge on any atom is -0.314 e. The molecule has 0 spiro atoms. The van der Waals surface area contributed by atoms with Crippen molar-refractivity contribution in [3.8, 4) is 0 Å². The number of anilines is 2. The summed E-state index contributed by atoms with van der Waals surface area (Å²) in [6, 6.07) is 11.6. The molecule has 2 aromatic carbocycles. The van der Waals surface area contributed by atoms with Crippen molar-refractivity contribution in [2.75, 3.05) is 37.0 Å². The molecule has 0 unspecified atom stereocenters. The first-order valence-corrected chi connectivity index (χ1v) is 10.9. The predicted molar refractivity (Wildman–Crippen MR) is 123 cm³/mol. The monoisotopic (exact) mass is 517 g/mol. The Morgan fingerprint density at radius 1 is 1.24 bits per heavy atom. The van der Waals surface area contributed by atoms with Crippen LogP contribution in [0.15, 0.2) is 56.7 Å². The number of amides is 1. The zero-order valence-corrected chi connectivity index (χ0v) is 19.0. The van der Waals surface area contributed by atoms with Gasteiger partial charge in [0.1, 0.15) is 12.0 Å². The second kappa shape index (κ2) is 11.0. The Morgan fingerprint density at radius 3 is 2.79 bits per heavy atom. The van der Waals surface area contributed by atoms with Crippen LogP contribution in [0.4, 0.5) is 15.9 Å². The number of hydrogen-bond donors (Lipinski definition) is 3. The van der Waals surface area contributed by atoms with Crippen molar-refractivity contribution < 1.29 is 18.8 Å². The van der Waals surface area contributed by atoms with Crippen LogP contribution in [0.5, 0.6) is 0 Å². The van der Waals surface area contributed by atoms with Gasteiger partial charge >= 0.3 is 0 Å². The summed E-state index contributed by atoms with van der Waals surface area (Å²) in [5.41, 5.74) is 4.79. The third kappa shape index (κ3) is 6.34. The van der Waals surface area contributed by atoms with Gasteiger partial charge in [0.2, 0.25) is 5.82 Å². The molecule has 2 heterocycles. The first-order valence-electron chi connectivity index (χ1n) is 10.1. The number of rotatable bonds is 8. The molecule has 0 atom stereocenters. The standard InChI is InChI=1S/C21H21BrFN7O3/c22-17-11-16(5-6-18(17)23)27-32-25-12-19-20(29-33-28-19)26-21(31)15-3-1-14(2-4-15)13-30-9-7-24-8-10-30/h1-6,11-12,24,27H,7-10,13H2,(H,26,29,31)/b25-12+. The molecule has 0 aliphatic carbocycles. The normalized spacial score (nSPS) is 14.4. The van der Waals surface area contributed by atoms with E-state index in [1.807, 2.05) is 12.1 Å². The van der Waals surface area contributed by atoms with Crippen molar-refractivity contribution in [3.05, 3.63) is 69.6 Å². The van der Waals surface area contributed by atoms with E-state index in [1.54, 1.807) is 12.1 Å². The molecule has 1 aliphatic rings. The molecule has 1 saturated heterocycles. The summed E-state index contributed by atoms with van der Waals surface area (Å²) >= 11 is 3.08. The zero-order chi connectivity index (χ0) is 23.0. The highest BCUT2D eigenvalue weighted by Gasteiger charge is 2.14. The lowest BCUT2D eigenvalue weighted by molar-refractivity contribution is 0.102. The lowest BCUT2D eigenvalue weighted by Crippen LogP contribution is -2.42. The van der Waals surface area contributed by atoms with Gasteiger partial charge in [0.05, 0.1) is 10.2 Å². The van der Waals surface area contributed by atoms with E-state index in [9.17, 15) is 9.18 Å². The number of carbonyl (C=O) groups excluding carboxylic acids is 1. The fraction of sp³-hybridized carbons (Fsp3) is 0.238. The SMILES string of the molecule is O=C(Nc1nonc1/C=N/ONc1ccc(F)c(Br)c1)c1ccc(CN2CCNCC2)cc1. The Morgan fingerprint density at radius 2 is 2.03 bits per heavy atom. The number of halogens is 2. The van der Waals surface area contributed by atoms with Gasteiger partial charge in [0.15, 0.2) is 5.69 Å². The average Bonchev–Trinajstić information content (AvgIpc) is 3.27. The van der Waals surface area contributed by atoms with Crippen LogP contribution in [0.25, 0.3) is 0 Å². The minimum absolute atomic E-state index is 0.0989. The molecule has 0 radical (unpaired) electrons. The maximum Gasteiger partial charge on any atom is 0.256 e. The molecule has 3 N–H and O–H groups in total. The van der Waals surface area contributed by atoms with Crippen LogP contribution in [0.1, 0.15) is 21.6 Å². The van der Waals surface area contributed by atoms with Crippen LogP contribution in [0.3, 0.4) is 0 Å². The number of aromatic nitrogens is 2. The molecule has 0 saturated carbocycles. The number of benzene rings is 2. The highest BCUT2D eigenvalue weighted by molar-refractivity contribution is 9.10. The molecule has 10 nitrogen and oxygen atoms in total. The molecular formula is C21H21BrFN7O3. The van der Waals surface area contributed by atoms with E-state index in [2.05, 4.69) is 57.0 Å². The largest absolute Gasteiger partial charge is 0.314 e. The van der Waals surface area contributed by atoms with Gasteiger partial charge < -0.3 is 10.6 Å². The minimum atomic E-state index is -0.396. The number of carbonyl (C=O) groups is 1. The molecule has 3 aromatic rings. The topological polar surface area (TPSA) is 117 Å². The Labute approximate surface area is 197 Å². The second-order valence-corrected chi connectivity index (χ2v) is 8.09. The number of nitrogens with one attached hydrogen (secondary N) is 3. The molecule has 1 aromatic heterocycles. The van der Waals surface area contributed by atoms with Crippen molar-refractivity contribution in [1.29, 1.82) is 0 Å². The summed E-state index contributed by atoms with van der Waals surface area (Å²) in [7, 11) is 0. The van der Waals surface area contributed by atoms with E-state index < -0.39 is 5.82 Å². The summed E-state index contributed by atoms with van der Waals surface area (Å²) < 4.78 is 18.2. The molecule has 0 bridgehead atoms. The fourth-order valence-electron chi connectivity index (χ4n) is 3.15. The van der Waals surface area contributed by atoms with E-state index in [0.29, 0.717) is 11.3 Å². The van der Waals surface area contributed by atoms with Crippen LogP contribution in [-0.2, 0) is 11.5 Å². The van der Waals surface area contributed by atoms with Gasteiger partial charge in [0.25, 0.3) is 5.91 Å². The first-order chi connectivity index (χ1) is 16.1. The van der Waals surface area contributed by atoms with Crippen LogP contribution in [0, 0.1) is 5.82 Å². The summed E-state index contributed by atoms with van der Waals surface area (Å²) in [4.78, 5) is 19.9. The van der Waals surface area contributed by atoms with Gasteiger partial charge in [-0.25, -0.2) is 9.02 Å². The van der Waals surface area contributed by atoms with Crippen molar-refractivity contribution >= 4 is 39.6 Å². The van der Waals surface area contributed by atoms with Crippen LogP contribution in [-0.4, -0.2) is 53.5 Å². The maximum absolute atomic E-state index is 13.3. The van der Waals surface area contributed by atoms with Crippen LogP contribution < -0.4 is 16.1 Å². The number of piperazine rings is 1. The van der Waals surface area contributed by atoms with E-state index >= 15 is 0 Å². The van der Waals surface area contributed by atoms with Gasteiger partial charge in [-0.2, -0.15) is 5.48 Å². The first kappa shape index (κ1) is 22.8. The lowest BCUT2D eigenvalue weighted by Gasteiger charge is -2.27. The van der Waals surface area contributed by atoms with Crippen LogP contribution in [0.2, 0.25) is 0 Å². The van der Waals surface area contributed by atoms with E-state index in [-0.39, 0.29) is 21.9 Å². The van der Waals surface area contributed by atoms with E-state index in [1.165, 1.54) is 24.4 Å². The molecular weight excluding hydrogens is 497 g/mol. The molecule has 1 amide bonds. The third-order valence-electron chi connectivity index (χ3n) is 4.89. The average molecular weight is 518 g/mol. The van der Waals surface area contributed by atoms with Crippen molar-refractivity contribution in [2.45, 2.75) is 6.54 Å². The Kier molecular flexibility index (Phi) is 7.60. The molecule has 172 valence electrons. The molecule has 12 heteroatoms. The Balaban J connectivity index is 1.30. The van der Waals surface area contributed by atoms with Crippen LogP contribution >= 0.6 is 15.9 Å². The zero-order valence-electron chi connectivity index (χ0n) is 17.4.